The molecule has 1 saturated heterocycles. The number of nitrogens with one attached hydrogen (secondary N) is 2. The Kier molecular flexibility index (Phi) is 6.18. The molecule has 0 aliphatic carbocycles. The van der Waals surface area contributed by atoms with Gasteiger partial charge in [0.25, 0.3) is 11.5 Å². The molecule has 4 heterocycles. The quantitative estimate of drug-likeness (QED) is 0.419. The molecule has 1 atom stereocenters. The molecular weight excluding hydrogens is 476 g/mol. The predicted molar refractivity (Wildman–Crippen MR) is 129 cm³/mol. The molecule has 1 unspecified atom stereocenters. The molecule has 2 N–H and O–H groups in total. The molecule has 174 valence electrons. The Balaban J connectivity index is 1.32. The van der Waals surface area contributed by atoms with Crippen molar-refractivity contribution in [1.82, 2.24) is 19.7 Å². The Labute approximate surface area is 201 Å². The van der Waals surface area contributed by atoms with E-state index in [-0.39, 0.29) is 24.1 Å². The van der Waals surface area contributed by atoms with E-state index in [4.69, 9.17) is 4.74 Å². The Morgan fingerprint density at radius 2 is 2.00 bits per heavy atom. The Bertz CT molecular complexity index is 1420. The lowest BCUT2D eigenvalue weighted by atomic mass is 10.2. The SMILES string of the molecule is Cc1c(C(=O)Nc2ccccc2)sc2ncn(CC(=O)Nc3nnc(C4CCCO4)s3)c(=O)c12. The summed E-state index contributed by atoms with van der Waals surface area (Å²) in [5.41, 5.74) is 0.807. The fraction of sp³-hybridized carbons (Fsp3) is 0.273. The number of nitrogens with zero attached hydrogens (tertiary/aromatic N) is 4. The van der Waals surface area contributed by atoms with Crippen LogP contribution in [-0.2, 0) is 16.1 Å². The number of aromatic nitrogens is 4. The van der Waals surface area contributed by atoms with Gasteiger partial charge in [0.05, 0.1) is 16.6 Å². The van der Waals surface area contributed by atoms with Crippen LogP contribution in [0.5, 0.6) is 0 Å². The van der Waals surface area contributed by atoms with Gasteiger partial charge in [-0.05, 0) is 37.5 Å². The first-order chi connectivity index (χ1) is 16.5. The summed E-state index contributed by atoms with van der Waals surface area (Å²) in [4.78, 5) is 43.6. The molecule has 5 rings (SSSR count). The summed E-state index contributed by atoms with van der Waals surface area (Å²) in [6.45, 7) is 2.17. The van der Waals surface area contributed by atoms with E-state index >= 15 is 0 Å². The molecule has 0 bridgehead atoms. The number of hydrogen-bond donors (Lipinski definition) is 2. The highest BCUT2D eigenvalue weighted by Gasteiger charge is 2.23. The van der Waals surface area contributed by atoms with Gasteiger partial charge in [0.2, 0.25) is 11.0 Å². The van der Waals surface area contributed by atoms with Crippen LogP contribution >= 0.6 is 22.7 Å². The number of para-hydroxylation sites is 1. The Hall–Kier alpha value is -3.48. The van der Waals surface area contributed by atoms with E-state index in [0.29, 0.717) is 38.1 Å². The van der Waals surface area contributed by atoms with Gasteiger partial charge in [0.1, 0.15) is 22.5 Å². The van der Waals surface area contributed by atoms with Crippen LogP contribution in [-0.4, -0.2) is 38.2 Å². The highest BCUT2D eigenvalue weighted by Crippen LogP contribution is 2.32. The van der Waals surface area contributed by atoms with Crippen LogP contribution in [0.3, 0.4) is 0 Å². The van der Waals surface area contributed by atoms with E-state index < -0.39 is 5.91 Å². The average molecular weight is 497 g/mol. The summed E-state index contributed by atoms with van der Waals surface area (Å²) in [5.74, 6) is -0.734. The first kappa shape index (κ1) is 22.3. The third-order valence-corrected chi connectivity index (χ3v) is 7.49. The summed E-state index contributed by atoms with van der Waals surface area (Å²) < 4.78 is 6.81. The second-order valence-corrected chi connectivity index (χ2v) is 9.74. The zero-order valence-corrected chi connectivity index (χ0v) is 19.7. The lowest BCUT2D eigenvalue weighted by Gasteiger charge is -2.05. The third-order valence-electron chi connectivity index (χ3n) is 5.36. The van der Waals surface area contributed by atoms with Gasteiger partial charge in [-0.15, -0.1) is 21.5 Å². The van der Waals surface area contributed by atoms with E-state index in [1.54, 1.807) is 19.1 Å². The minimum Gasteiger partial charge on any atom is -0.371 e. The molecule has 0 radical (unpaired) electrons. The molecule has 4 aromatic rings. The number of carbonyl (C=O) groups is 2. The molecular formula is C22H20N6O4S2. The number of ether oxygens (including phenoxy) is 1. The standard InChI is InChI=1S/C22H20N6O4S2/c1-12-16-20(33-17(12)18(30)24-13-6-3-2-4-7-13)23-11-28(21(16)31)10-15(29)25-22-27-26-19(34-22)14-8-5-9-32-14/h2-4,6-7,11,14H,5,8-10H2,1H3,(H,24,30)(H,25,27,29). The van der Waals surface area contributed by atoms with E-state index in [0.717, 1.165) is 29.2 Å². The second-order valence-electron chi connectivity index (χ2n) is 7.73. The van der Waals surface area contributed by atoms with Crippen molar-refractivity contribution in [3.8, 4) is 0 Å². The molecule has 0 spiro atoms. The maximum atomic E-state index is 13.1. The van der Waals surface area contributed by atoms with Gasteiger partial charge in [-0.2, -0.15) is 0 Å². The van der Waals surface area contributed by atoms with E-state index in [9.17, 15) is 14.4 Å². The zero-order chi connectivity index (χ0) is 23.7. The van der Waals surface area contributed by atoms with Gasteiger partial charge in [-0.3, -0.25) is 24.3 Å². The molecule has 1 aliphatic heterocycles. The molecule has 10 nitrogen and oxygen atoms in total. The number of benzene rings is 1. The number of anilines is 2. The molecule has 2 amide bonds. The molecule has 1 aromatic carbocycles. The average Bonchev–Trinajstić information content (AvgIpc) is 3.57. The Morgan fingerprint density at radius 1 is 1.18 bits per heavy atom. The lowest BCUT2D eigenvalue weighted by molar-refractivity contribution is -0.116. The molecule has 1 fully saturated rings. The predicted octanol–water partition coefficient (Wildman–Crippen LogP) is 3.36. The van der Waals surface area contributed by atoms with Gasteiger partial charge >= 0.3 is 0 Å². The summed E-state index contributed by atoms with van der Waals surface area (Å²) in [7, 11) is 0. The smallest absolute Gasteiger partial charge is 0.266 e. The van der Waals surface area contributed by atoms with Crippen LogP contribution in [0.2, 0.25) is 0 Å². The number of carbonyl (C=O) groups excluding carboxylic acids is 2. The fourth-order valence-corrected chi connectivity index (χ4v) is 5.58. The van der Waals surface area contributed by atoms with Gasteiger partial charge in [-0.1, -0.05) is 29.5 Å². The summed E-state index contributed by atoms with van der Waals surface area (Å²) >= 11 is 2.41. The van der Waals surface area contributed by atoms with Gasteiger partial charge in [-0.25, -0.2) is 4.98 Å². The van der Waals surface area contributed by atoms with Crippen LogP contribution in [0, 0.1) is 6.92 Å². The zero-order valence-electron chi connectivity index (χ0n) is 18.1. The van der Waals surface area contributed by atoms with Gasteiger partial charge in [0, 0.05) is 12.3 Å². The Morgan fingerprint density at radius 3 is 2.76 bits per heavy atom. The molecule has 1 aliphatic rings. The van der Waals surface area contributed by atoms with E-state index in [2.05, 4.69) is 25.8 Å². The summed E-state index contributed by atoms with van der Waals surface area (Å²) in [5, 5.41) is 15.0. The van der Waals surface area contributed by atoms with Crippen molar-refractivity contribution in [3.05, 3.63) is 62.5 Å². The summed E-state index contributed by atoms with van der Waals surface area (Å²) in [6, 6.07) is 9.07. The monoisotopic (exact) mass is 496 g/mol. The summed E-state index contributed by atoms with van der Waals surface area (Å²) in [6.07, 6.45) is 3.10. The number of amides is 2. The number of fused-ring (bicyclic) bond motifs is 1. The minimum absolute atomic E-state index is 0.0766. The molecule has 34 heavy (non-hydrogen) atoms. The van der Waals surface area contributed by atoms with E-state index in [1.807, 2.05) is 18.2 Å². The van der Waals surface area contributed by atoms with Crippen molar-refractivity contribution in [3.63, 3.8) is 0 Å². The first-order valence-electron chi connectivity index (χ1n) is 10.6. The van der Waals surface area contributed by atoms with Crippen LogP contribution in [0.1, 0.15) is 39.2 Å². The van der Waals surface area contributed by atoms with Crippen molar-refractivity contribution in [2.75, 3.05) is 17.2 Å². The second kappa shape index (κ2) is 9.41. The highest BCUT2D eigenvalue weighted by atomic mass is 32.1. The maximum Gasteiger partial charge on any atom is 0.266 e. The van der Waals surface area contributed by atoms with Crippen LogP contribution < -0.4 is 16.2 Å². The largest absolute Gasteiger partial charge is 0.371 e. The van der Waals surface area contributed by atoms with Crippen LogP contribution in [0.25, 0.3) is 10.2 Å². The molecule has 0 saturated carbocycles. The van der Waals surface area contributed by atoms with Crippen molar-refractivity contribution >= 4 is 55.5 Å². The fourth-order valence-electron chi connectivity index (χ4n) is 3.70. The molecule has 12 heteroatoms. The first-order valence-corrected chi connectivity index (χ1v) is 12.2. The van der Waals surface area contributed by atoms with Crippen molar-refractivity contribution in [2.24, 2.45) is 0 Å². The number of rotatable bonds is 6. The maximum absolute atomic E-state index is 13.1. The lowest BCUT2D eigenvalue weighted by Crippen LogP contribution is -2.27. The minimum atomic E-state index is -0.423. The van der Waals surface area contributed by atoms with E-state index in [1.165, 1.54) is 22.2 Å². The third kappa shape index (κ3) is 4.47. The van der Waals surface area contributed by atoms with Crippen LogP contribution in [0.4, 0.5) is 10.8 Å². The highest BCUT2D eigenvalue weighted by molar-refractivity contribution is 7.20. The van der Waals surface area contributed by atoms with Crippen molar-refractivity contribution < 1.29 is 14.3 Å². The number of thiophene rings is 1. The van der Waals surface area contributed by atoms with Crippen molar-refractivity contribution in [2.45, 2.75) is 32.4 Å². The topological polar surface area (TPSA) is 128 Å². The van der Waals surface area contributed by atoms with Crippen molar-refractivity contribution in [1.29, 1.82) is 0 Å². The van der Waals surface area contributed by atoms with Gasteiger partial charge < -0.3 is 10.1 Å². The normalized spacial score (nSPS) is 15.5. The number of hydrogen-bond acceptors (Lipinski definition) is 9. The molecule has 3 aromatic heterocycles. The number of aryl methyl sites for hydroxylation is 1. The van der Waals surface area contributed by atoms with Gasteiger partial charge in [0.15, 0.2) is 0 Å². The van der Waals surface area contributed by atoms with Crippen LogP contribution in [0.15, 0.2) is 41.5 Å².